The van der Waals surface area contributed by atoms with E-state index in [1.807, 2.05) is 0 Å². The van der Waals surface area contributed by atoms with Gasteiger partial charge in [-0.15, -0.1) is 0 Å². The molecule has 1 N–H and O–H groups in total. The molecule has 1 saturated heterocycles. The van der Waals surface area contributed by atoms with E-state index < -0.39 is 5.97 Å². The SMILES string of the molecule is COC1CN(c2ccc(C(=O)O)c(Cl)c2)CC1OC. The van der Waals surface area contributed by atoms with Crippen molar-refractivity contribution >= 4 is 23.3 Å². The molecular formula is C13H16ClNO4. The molecule has 104 valence electrons. The highest BCUT2D eigenvalue weighted by atomic mass is 35.5. The highest BCUT2D eigenvalue weighted by Gasteiger charge is 2.33. The molecule has 1 aromatic carbocycles. The molecule has 0 spiro atoms. The summed E-state index contributed by atoms with van der Waals surface area (Å²) in [5.74, 6) is -1.03. The third-order valence-corrected chi connectivity index (χ3v) is 3.68. The molecule has 19 heavy (non-hydrogen) atoms. The molecule has 2 atom stereocenters. The number of hydrogen-bond acceptors (Lipinski definition) is 4. The third kappa shape index (κ3) is 2.83. The maximum absolute atomic E-state index is 10.9. The molecule has 1 aliphatic heterocycles. The second kappa shape index (κ2) is 5.77. The first-order valence-electron chi connectivity index (χ1n) is 5.90. The Hall–Kier alpha value is -1.30. The van der Waals surface area contributed by atoms with Gasteiger partial charge in [0.05, 0.1) is 10.6 Å². The summed E-state index contributed by atoms with van der Waals surface area (Å²) in [6.07, 6.45) is 0.00542. The van der Waals surface area contributed by atoms with Crippen LogP contribution >= 0.6 is 11.6 Å². The number of carbonyl (C=O) groups is 1. The van der Waals surface area contributed by atoms with Crippen LogP contribution in [0, 0.1) is 0 Å². The van der Waals surface area contributed by atoms with Crippen LogP contribution in [0.1, 0.15) is 10.4 Å². The molecular weight excluding hydrogens is 270 g/mol. The van der Waals surface area contributed by atoms with E-state index in [1.54, 1.807) is 26.4 Å². The highest BCUT2D eigenvalue weighted by Crippen LogP contribution is 2.28. The van der Waals surface area contributed by atoms with Crippen LogP contribution in [0.15, 0.2) is 18.2 Å². The zero-order valence-corrected chi connectivity index (χ0v) is 11.6. The number of nitrogens with zero attached hydrogens (tertiary/aromatic N) is 1. The number of methoxy groups -OCH3 is 2. The molecule has 6 heteroatoms. The van der Waals surface area contributed by atoms with Crippen molar-refractivity contribution in [1.82, 2.24) is 0 Å². The lowest BCUT2D eigenvalue weighted by Gasteiger charge is -2.18. The minimum absolute atomic E-state index is 0.00271. The number of benzene rings is 1. The number of halogens is 1. The Morgan fingerprint density at radius 1 is 1.32 bits per heavy atom. The predicted octanol–water partition coefficient (Wildman–Crippen LogP) is 1.89. The molecule has 0 aliphatic carbocycles. The van der Waals surface area contributed by atoms with Gasteiger partial charge in [-0.25, -0.2) is 4.79 Å². The van der Waals surface area contributed by atoms with Crippen LogP contribution in [0.25, 0.3) is 0 Å². The molecule has 1 fully saturated rings. The van der Waals surface area contributed by atoms with Crippen LogP contribution < -0.4 is 4.90 Å². The Morgan fingerprint density at radius 3 is 2.32 bits per heavy atom. The van der Waals surface area contributed by atoms with Gasteiger partial charge in [0.25, 0.3) is 0 Å². The molecule has 1 aliphatic rings. The minimum Gasteiger partial charge on any atom is -0.478 e. The second-order valence-corrected chi connectivity index (χ2v) is 4.83. The van der Waals surface area contributed by atoms with Gasteiger partial charge in [0.1, 0.15) is 12.2 Å². The number of carboxylic acid groups (broad SMARTS) is 1. The number of anilines is 1. The fourth-order valence-electron chi connectivity index (χ4n) is 2.28. The average Bonchev–Trinajstić information content (AvgIpc) is 2.81. The van der Waals surface area contributed by atoms with Crippen LogP contribution in [0.3, 0.4) is 0 Å². The average molecular weight is 286 g/mol. The van der Waals surface area contributed by atoms with Crippen molar-refractivity contribution in [3.8, 4) is 0 Å². The molecule has 1 aromatic rings. The predicted molar refractivity (Wildman–Crippen MR) is 72.2 cm³/mol. The van der Waals surface area contributed by atoms with E-state index in [9.17, 15) is 4.79 Å². The standard InChI is InChI=1S/C13H16ClNO4/c1-18-11-6-15(7-12(11)19-2)8-3-4-9(13(16)17)10(14)5-8/h3-5,11-12H,6-7H2,1-2H3,(H,16,17). The fraction of sp³-hybridized carbons (Fsp3) is 0.462. The summed E-state index contributed by atoms with van der Waals surface area (Å²) in [6, 6.07) is 4.93. The van der Waals surface area contributed by atoms with Gasteiger partial charge >= 0.3 is 5.97 Å². The molecule has 0 aromatic heterocycles. The number of hydrogen-bond donors (Lipinski definition) is 1. The Balaban J connectivity index is 2.20. The molecule has 0 amide bonds. The van der Waals surface area contributed by atoms with Crippen molar-refractivity contribution in [2.45, 2.75) is 12.2 Å². The summed E-state index contributed by atoms with van der Waals surface area (Å²) >= 11 is 5.97. The molecule has 2 rings (SSSR count). The summed E-state index contributed by atoms with van der Waals surface area (Å²) < 4.78 is 10.7. The lowest BCUT2D eigenvalue weighted by molar-refractivity contribution is -0.00461. The number of rotatable bonds is 4. The summed E-state index contributed by atoms with van der Waals surface area (Å²) in [5, 5.41) is 9.18. The second-order valence-electron chi connectivity index (χ2n) is 4.42. The quantitative estimate of drug-likeness (QED) is 0.915. The van der Waals surface area contributed by atoms with Gasteiger partial charge in [-0.05, 0) is 18.2 Å². The van der Waals surface area contributed by atoms with Gasteiger partial charge in [-0.3, -0.25) is 0 Å². The van der Waals surface area contributed by atoms with E-state index >= 15 is 0 Å². The molecule has 1 heterocycles. The number of aromatic carboxylic acids is 1. The monoisotopic (exact) mass is 285 g/mol. The Labute approximate surface area is 116 Å². The lowest BCUT2D eigenvalue weighted by Crippen LogP contribution is -2.27. The van der Waals surface area contributed by atoms with Crippen molar-refractivity contribution < 1.29 is 19.4 Å². The normalized spacial score (nSPS) is 22.8. The summed E-state index contributed by atoms with van der Waals surface area (Å²) in [4.78, 5) is 13.0. The summed E-state index contributed by atoms with van der Waals surface area (Å²) in [6.45, 7) is 1.38. The Bertz CT molecular complexity index is 468. The van der Waals surface area contributed by atoms with Crippen LogP contribution in [0.5, 0.6) is 0 Å². The third-order valence-electron chi connectivity index (χ3n) is 3.37. The fourth-order valence-corrected chi connectivity index (χ4v) is 2.54. The summed E-state index contributed by atoms with van der Waals surface area (Å²) in [7, 11) is 3.31. The molecule has 0 bridgehead atoms. The topological polar surface area (TPSA) is 59.0 Å². The first kappa shape index (κ1) is 14.1. The summed E-state index contributed by atoms with van der Waals surface area (Å²) in [5.41, 5.74) is 0.979. The van der Waals surface area contributed by atoms with Crippen molar-refractivity contribution in [3.05, 3.63) is 28.8 Å². The van der Waals surface area contributed by atoms with E-state index in [4.69, 9.17) is 26.2 Å². The molecule has 0 saturated carbocycles. The largest absolute Gasteiger partial charge is 0.478 e. The Morgan fingerprint density at radius 2 is 1.89 bits per heavy atom. The van der Waals surface area contributed by atoms with Gasteiger partial charge in [0, 0.05) is 33.0 Å². The van der Waals surface area contributed by atoms with Crippen molar-refractivity contribution in [1.29, 1.82) is 0 Å². The smallest absolute Gasteiger partial charge is 0.337 e. The number of carboxylic acids is 1. The van der Waals surface area contributed by atoms with Gasteiger partial charge in [0.15, 0.2) is 0 Å². The van der Waals surface area contributed by atoms with E-state index in [-0.39, 0.29) is 22.8 Å². The van der Waals surface area contributed by atoms with Gasteiger partial charge in [-0.2, -0.15) is 0 Å². The van der Waals surface area contributed by atoms with Crippen LogP contribution in [-0.2, 0) is 9.47 Å². The number of ether oxygens (including phenoxy) is 2. The molecule has 2 unspecified atom stereocenters. The zero-order chi connectivity index (χ0) is 14.0. The van der Waals surface area contributed by atoms with E-state index in [0.29, 0.717) is 13.1 Å². The first-order chi connectivity index (χ1) is 9.06. The van der Waals surface area contributed by atoms with E-state index in [1.165, 1.54) is 6.07 Å². The first-order valence-corrected chi connectivity index (χ1v) is 6.28. The van der Waals surface area contributed by atoms with Crippen LogP contribution in [-0.4, -0.2) is 50.6 Å². The maximum atomic E-state index is 10.9. The van der Waals surface area contributed by atoms with Gasteiger partial charge in [0.2, 0.25) is 0 Å². The lowest BCUT2D eigenvalue weighted by atomic mass is 10.2. The zero-order valence-electron chi connectivity index (χ0n) is 10.8. The highest BCUT2D eigenvalue weighted by molar-refractivity contribution is 6.33. The van der Waals surface area contributed by atoms with Crippen molar-refractivity contribution in [2.75, 3.05) is 32.2 Å². The van der Waals surface area contributed by atoms with Crippen molar-refractivity contribution in [2.24, 2.45) is 0 Å². The van der Waals surface area contributed by atoms with Crippen molar-refractivity contribution in [3.63, 3.8) is 0 Å². The maximum Gasteiger partial charge on any atom is 0.337 e. The van der Waals surface area contributed by atoms with E-state index in [2.05, 4.69) is 4.90 Å². The van der Waals surface area contributed by atoms with Crippen LogP contribution in [0.2, 0.25) is 5.02 Å². The van der Waals surface area contributed by atoms with Crippen LogP contribution in [0.4, 0.5) is 5.69 Å². The van der Waals surface area contributed by atoms with Gasteiger partial charge in [-0.1, -0.05) is 11.6 Å². The van der Waals surface area contributed by atoms with E-state index in [0.717, 1.165) is 5.69 Å². The Kier molecular flexibility index (Phi) is 4.29. The molecule has 5 nitrogen and oxygen atoms in total. The van der Waals surface area contributed by atoms with Gasteiger partial charge < -0.3 is 19.5 Å². The minimum atomic E-state index is -1.03. The molecule has 0 radical (unpaired) electrons.